The van der Waals surface area contributed by atoms with E-state index in [9.17, 15) is 16.8 Å². The average molecular weight is 456 g/mol. The average Bonchev–Trinajstić information content (AvgIpc) is 3.34. The molecule has 3 heterocycles. The summed E-state index contributed by atoms with van der Waals surface area (Å²) >= 11 is 6.27. The molecule has 0 radical (unpaired) electrons. The van der Waals surface area contributed by atoms with Crippen molar-refractivity contribution in [3.63, 3.8) is 0 Å². The Hall–Kier alpha value is -1.68. The number of hydrogen-bond acceptors (Lipinski definition) is 5. The molecule has 0 amide bonds. The van der Waals surface area contributed by atoms with E-state index < -0.39 is 30.0 Å². The molecule has 0 spiro atoms. The number of nitrogens with zero attached hydrogens (tertiary/aromatic N) is 3. The van der Waals surface area contributed by atoms with Crippen molar-refractivity contribution < 1.29 is 16.8 Å². The molecule has 4 rings (SSSR count). The summed E-state index contributed by atoms with van der Waals surface area (Å²) in [6.45, 7) is 3.89. The third-order valence-corrected chi connectivity index (χ3v) is 10.9. The second-order valence-electron chi connectivity index (χ2n) is 7.63. The zero-order valence-corrected chi connectivity index (χ0v) is 18.5. The fourth-order valence-corrected chi connectivity index (χ4v) is 8.82. The minimum absolute atomic E-state index is 0.251. The first-order valence-corrected chi connectivity index (χ1v) is 12.6. The lowest BCUT2D eigenvalue weighted by Crippen LogP contribution is -2.55. The summed E-state index contributed by atoms with van der Waals surface area (Å²) in [7, 11) is -8.13. The molecule has 1 fully saturated rings. The molecule has 1 saturated heterocycles. The molecule has 2 unspecified atom stereocenters. The molecule has 1 aliphatic carbocycles. The first-order valence-electron chi connectivity index (χ1n) is 9.32. The zero-order chi connectivity index (χ0) is 21.0. The van der Waals surface area contributed by atoms with Gasteiger partial charge in [0.05, 0.1) is 0 Å². The first-order chi connectivity index (χ1) is 13.6. The summed E-state index contributed by atoms with van der Waals surface area (Å²) in [5, 5.41) is -0.430. The van der Waals surface area contributed by atoms with Gasteiger partial charge in [0.25, 0.3) is 10.0 Å². The van der Waals surface area contributed by atoms with E-state index in [1.807, 2.05) is 0 Å². The molecule has 1 aliphatic heterocycles. The van der Waals surface area contributed by atoms with Gasteiger partial charge in [-0.3, -0.25) is 0 Å². The maximum Gasteiger partial charge on any atom is 0.250 e. The van der Waals surface area contributed by atoms with Crippen molar-refractivity contribution in [3.8, 4) is 0 Å². The topological polar surface area (TPSA) is 89.3 Å². The van der Waals surface area contributed by atoms with E-state index in [-0.39, 0.29) is 10.7 Å². The predicted octanol–water partition coefficient (Wildman–Crippen LogP) is 2.85. The van der Waals surface area contributed by atoms with Crippen molar-refractivity contribution in [2.75, 3.05) is 13.1 Å². The Balaban J connectivity index is 1.92. The number of allylic oxidation sites excluding steroid dienone is 2. The van der Waals surface area contributed by atoms with Crippen LogP contribution in [-0.2, 0) is 20.0 Å². The van der Waals surface area contributed by atoms with Gasteiger partial charge in [-0.25, -0.2) is 30.1 Å². The monoisotopic (exact) mass is 455 g/mol. The van der Waals surface area contributed by atoms with E-state index in [2.05, 4.69) is 4.98 Å². The number of halogens is 1. The number of fused-ring (bicyclic) bond motifs is 1. The molecule has 0 saturated carbocycles. The zero-order valence-electron chi connectivity index (χ0n) is 16.1. The van der Waals surface area contributed by atoms with Crippen LogP contribution < -0.4 is 0 Å². The number of hydrogen-bond donors (Lipinski definition) is 0. The van der Waals surface area contributed by atoms with Crippen LogP contribution >= 0.6 is 11.6 Å². The summed E-state index contributed by atoms with van der Waals surface area (Å²) in [5.41, 5.74) is 0.785. The van der Waals surface area contributed by atoms with Crippen LogP contribution in [0, 0.1) is 0 Å². The maximum absolute atomic E-state index is 13.8. The Morgan fingerprint density at radius 2 is 1.86 bits per heavy atom. The Bertz CT molecular complexity index is 1240. The third kappa shape index (κ3) is 3.06. The summed E-state index contributed by atoms with van der Waals surface area (Å²) in [6, 6.07) is 5.12. The molecule has 2 aromatic rings. The van der Waals surface area contributed by atoms with Gasteiger partial charge >= 0.3 is 0 Å². The number of pyridine rings is 1. The van der Waals surface area contributed by atoms with Gasteiger partial charge in [-0.2, -0.15) is 0 Å². The van der Waals surface area contributed by atoms with Crippen LogP contribution in [0.5, 0.6) is 0 Å². The van der Waals surface area contributed by atoms with Crippen molar-refractivity contribution >= 4 is 42.7 Å². The molecule has 29 heavy (non-hydrogen) atoms. The lowest BCUT2D eigenvalue weighted by Gasteiger charge is -2.37. The highest BCUT2D eigenvalue weighted by Crippen LogP contribution is 2.41. The highest BCUT2D eigenvalue weighted by atomic mass is 35.5. The third-order valence-electron chi connectivity index (χ3n) is 5.72. The molecule has 10 heteroatoms. The Labute approximate surface area is 175 Å². The fraction of sp³-hybridized carbons (Fsp3) is 0.421. The molecule has 0 bridgehead atoms. The minimum Gasteiger partial charge on any atom is -0.237 e. The van der Waals surface area contributed by atoms with Gasteiger partial charge in [0.2, 0.25) is 10.0 Å². The normalized spacial score (nSPS) is 26.5. The van der Waals surface area contributed by atoms with Gasteiger partial charge in [0.1, 0.15) is 10.00 Å². The summed E-state index contributed by atoms with van der Waals surface area (Å²) in [6.07, 6.45) is 7.26. The maximum atomic E-state index is 13.8. The molecule has 2 atom stereocenters. The second kappa shape index (κ2) is 6.94. The first kappa shape index (κ1) is 20.6. The van der Waals surface area contributed by atoms with E-state index in [0.29, 0.717) is 24.0 Å². The molecular weight excluding hydrogens is 434 g/mol. The van der Waals surface area contributed by atoms with Crippen LogP contribution in [0.2, 0.25) is 0 Å². The van der Waals surface area contributed by atoms with Crippen molar-refractivity contribution in [2.45, 2.75) is 36.7 Å². The number of rotatable bonds is 4. The van der Waals surface area contributed by atoms with Gasteiger partial charge < -0.3 is 0 Å². The Morgan fingerprint density at radius 3 is 2.55 bits per heavy atom. The van der Waals surface area contributed by atoms with Crippen LogP contribution in [-0.4, -0.2) is 53.2 Å². The van der Waals surface area contributed by atoms with Crippen LogP contribution in [0.15, 0.2) is 53.4 Å². The summed E-state index contributed by atoms with van der Waals surface area (Å²) in [5.74, 6) is 0. The van der Waals surface area contributed by atoms with Crippen molar-refractivity contribution in [1.82, 2.24) is 13.3 Å². The highest BCUT2D eigenvalue weighted by molar-refractivity contribution is 7.95. The summed E-state index contributed by atoms with van der Waals surface area (Å²) in [4.78, 5) is 4.19. The fourth-order valence-electron chi connectivity index (χ4n) is 4.07. The van der Waals surface area contributed by atoms with Gasteiger partial charge in [-0.1, -0.05) is 17.7 Å². The molecule has 2 aromatic heterocycles. The second-order valence-corrected chi connectivity index (χ2v) is 12.3. The Morgan fingerprint density at radius 1 is 1.17 bits per heavy atom. The van der Waals surface area contributed by atoms with E-state index in [1.54, 1.807) is 25.1 Å². The highest BCUT2D eigenvalue weighted by Gasteiger charge is 2.54. The SMILES string of the molecule is CC1=CC(C)(S(=O)(=O)n2ccc3cccnc32)C(S(=O)(=O)N2CCCC2)C=C1Cl. The van der Waals surface area contributed by atoms with Gasteiger partial charge in [0.15, 0.2) is 5.65 Å². The largest absolute Gasteiger partial charge is 0.250 e. The smallest absolute Gasteiger partial charge is 0.237 e. The van der Waals surface area contributed by atoms with Crippen molar-refractivity contribution in [3.05, 3.63) is 53.4 Å². The van der Waals surface area contributed by atoms with Crippen molar-refractivity contribution in [2.24, 2.45) is 0 Å². The van der Waals surface area contributed by atoms with Crippen molar-refractivity contribution in [1.29, 1.82) is 0 Å². The van der Waals surface area contributed by atoms with E-state index in [0.717, 1.165) is 16.8 Å². The van der Waals surface area contributed by atoms with Gasteiger partial charge in [-0.15, -0.1) is 0 Å². The molecule has 2 aliphatic rings. The van der Waals surface area contributed by atoms with E-state index >= 15 is 0 Å². The Kier molecular flexibility index (Phi) is 4.92. The molecular formula is C19H22ClN3O4S2. The number of sulfonamides is 1. The quantitative estimate of drug-likeness (QED) is 0.707. The van der Waals surface area contributed by atoms with E-state index in [1.165, 1.54) is 35.8 Å². The van der Waals surface area contributed by atoms with Crippen LogP contribution in [0.3, 0.4) is 0 Å². The molecule has 0 N–H and O–H groups in total. The molecule has 0 aromatic carbocycles. The van der Waals surface area contributed by atoms with Crippen LogP contribution in [0.1, 0.15) is 26.7 Å². The van der Waals surface area contributed by atoms with Crippen LogP contribution in [0.25, 0.3) is 11.0 Å². The van der Waals surface area contributed by atoms with Crippen LogP contribution in [0.4, 0.5) is 0 Å². The lowest BCUT2D eigenvalue weighted by molar-refractivity contribution is 0.460. The van der Waals surface area contributed by atoms with Gasteiger partial charge in [0, 0.05) is 35.9 Å². The standard InChI is InChI=1S/C19H22ClN3O4S2/c1-14-13-19(2,17(12-16(14)20)28(24,25)22-9-3-4-10-22)29(26,27)23-11-7-15-6-5-8-21-18(15)23/h5-8,11-13,17H,3-4,9-10H2,1-2H3. The van der Waals surface area contributed by atoms with E-state index in [4.69, 9.17) is 11.6 Å². The minimum atomic E-state index is -4.19. The lowest BCUT2D eigenvalue weighted by atomic mass is 9.97. The predicted molar refractivity (Wildman–Crippen MR) is 114 cm³/mol. The summed E-state index contributed by atoms with van der Waals surface area (Å²) < 4.78 is 55.2. The number of aromatic nitrogens is 2. The molecule has 7 nitrogen and oxygen atoms in total. The van der Waals surface area contributed by atoms with Gasteiger partial charge in [-0.05, 0) is 56.5 Å². The molecule has 156 valence electrons.